The Bertz CT molecular complexity index is 1180. The normalized spacial score (nSPS) is 16.3. The third-order valence-corrected chi connectivity index (χ3v) is 6.97. The summed E-state index contributed by atoms with van der Waals surface area (Å²) < 4.78 is 13.2. The Kier molecular flexibility index (Phi) is 5.96. The fourth-order valence-electron chi connectivity index (χ4n) is 4.31. The molecule has 168 valence electrons. The second kappa shape index (κ2) is 9.19. The molecule has 2 aromatic carbocycles. The number of anilines is 2. The molecule has 1 fully saturated rings. The molecule has 1 saturated heterocycles. The van der Waals surface area contributed by atoms with Gasteiger partial charge < -0.3 is 10.2 Å². The Morgan fingerprint density at radius 3 is 2.30 bits per heavy atom. The van der Waals surface area contributed by atoms with Gasteiger partial charge in [0.05, 0.1) is 5.57 Å². The number of carbonyl (C=O) groups excluding carboxylic acids is 2. The van der Waals surface area contributed by atoms with Crippen molar-refractivity contribution in [1.29, 1.82) is 0 Å². The van der Waals surface area contributed by atoms with E-state index >= 15 is 0 Å². The maximum absolute atomic E-state index is 13.3. The van der Waals surface area contributed by atoms with Gasteiger partial charge in [-0.2, -0.15) is 0 Å². The van der Waals surface area contributed by atoms with E-state index in [2.05, 4.69) is 10.2 Å². The fraction of sp³-hybridized carbons (Fsp3) is 0.231. The van der Waals surface area contributed by atoms with Crippen molar-refractivity contribution < 1.29 is 14.0 Å². The zero-order chi connectivity index (χ0) is 22.8. The zero-order valence-corrected chi connectivity index (χ0v) is 18.9. The number of hydrogen-bond acceptors (Lipinski definition) is 5. The quantitative estimate of drug-likeness (QED) is 0.508. The highest BCUT2D eigenvalue weighted by molar-refractivity contribution is 7.11. The van der Waals surface area contributed by atoms with Gasteiger partial charge in [0.2, 0.25) is 0 Å². The summed E-state index contributed by atoms with van der Waals surface area (Å²) in [7, 11) is 0. The summed E-state index contributed by atoms with van der Waals surface area (Å²) >= 11 is 1.43. The molecule has 0 saturated carbocycles. The van der Waals surface area contributed by atoms with Crippen LogP contribution in [0.15, 0.2) is 71.7 Å². The number of imide groups is 1. The molecule has 2 aliphatic heterocycles. The summed E-state index contributed by atoms with van der Waals surface area (Å²) in [6, 6.07) is 17.8. The molecule has 2 amide bonds. The molecular formula is C26H24FN3O2S. The molecule has 0 radical (unpaired) electrons. The van der Waals surface area contributed by atoms with Crippen LogP contribution in [0.5, 0.6) is 0 Å². The predicted molar refractivity (Wildman–Crippen MR) is 130 cm³/mol. The summed E-state index contributed by atoms with van der Waals surface area (Å²) in [6.45, 7) is 2.37. The number of hydrogen-bond donors (Lipinski definition) is 1. The van der Waals surface area contributed by atoms with Gasteiger partial charge in [-0.15, -0.1) is 11.3 Å². The lowest BCUT2D eigenvalue weighted by atomic mass is 10.1. The first-order valence-corrected chi connectivity index (χ1v) is 12.0. The number of nitrogens with zero attached hydrogens (tertiary/aromatic N) is 2. The highest BCUT2D eigenvalue weighted by Crippen LogP contribution is 2.33. The molecule has 3 aromatic rings. The summed E-state index contributed by atoms with van der Waals surface area (Å²) in [6.07, 6.45) is 2.89. The summed E-state index contributed by atoms with van der Waals surface area (Å²) in [4.78, 5) is 30.9. The number of nitrogens with one attached hydrogen (secondary N) is 1. The first-order chi connectivity index (χ1) is 16.1. The molecule has 0 bridgehead atoms. The Morgan fingerprint density at radius 2 is 1.64 bits per heavy atom. The second-order valence-electron chi connectivity index (χ2n) is 8.23. The van der Waals surface area contributed by atoms with Gasteiger partial charge in [-0.1, -0.05) is 18.2 Å². The highest BCUT2D eigenvalue weighted by Gasteiger charge is 2.39. The molecular weight excluding hydrogens is 437 g/mol. The average Bonchev–Trinajstić information content (AvgIpc) is 3.58. The van der Waals surface area contributed by atoms with E-state index in [0.717, 1.165) is 29.2 Å². The van der Waals surface area contributed by atoms with Crippen molar-refractivity contribution in [3.05, 3.63) is 88.0 Å². The van der Waals surface area contributed by atoms with Crippen molar-refractivity contribution in [3.63, 3.8) is 0 Å². The molecule has 33 heavy (non-hydrogen) atoms. The Labute approximate surface area is 196 Å². The molecule has 0 aliphatic carbocycles. The van der Waals surface area contributed by atoms with E-state index in [4.69, 9.17) is 0 Å². The topological polar surface area (TPSA) is 52.7 Å². The molecule has 0 spiro atoms. The van der Waals surface area contributed by atoms with Gasteiger partial charge in [0.15, 0.2) is 0 Å². The van der Waals surface area contributed by atoms with Crippen LogP contribution in [-0.2, 0) is 16.0 Å². The third-order valence-electron chi connectivity index (χ3n) is 6.08. The van der Waals surface area contributed by atoms with E-state index in [-0.39, 0.29) is 24.2 Å². The van der Waals surface area contributed by atoms with Gasteiger partial charge in [-0.05, 0) is 72.7 Å². The predicted octanol–water partition coefficient (Wildman–Crippen LogP) is 4.92. The molecule has 7 heteroatoms. The molecule has 3 heterocycles. The van der Waals surface area contributed by atoms with E-state index in [0.29, 0.717) is 17.7 Å². The molecule has 1 N–H and O–H groups in total. The lowest BCUT2D eigenvalue weighted by molar-refractivity contribution is -0.136. The van der Waals surface area contributed by atoms with Crippen LogP contribution in [-0.4, -0.2) is 36.3 Å². The van der Waals surface area contributed by atoms with Gasteiger partial charge in [-0.25, -0.2) is 4.39 Å². The van der Waals surface area contributed by atoms with Crippen LogP contribution in [0.25, 0.3) is 5.57 Å². The fourth-order valence-corrected chi connectivity index (χ4v) is 5.08. The SMILES string of the molecule is O=C1C(Nc2ccc(N3CCCC3)cc2)=C(c2cccs2)C(=O)N1CCc1ccc(F)cc1. The number of amides is 2. The third kappa shape index (κ3) is 4.41. The van der Waals surface area contributed by atoms with Gasteiger partial charge in [0, 0.05) is 35.9 Å². The van der Waals surface area contributed by atoms with E-state index in [1.807, 2.05) is 41.8 Å². The molecule has 2 aliphatic rings. The van der Waals surface area contributed by atoms with Crippen molar-refractivity contribution >= 4 is 40.1 Å². The lowest BCUT2D eigenvalue weighted by Gasteiger charge is -2.18. The largest absolute Gasteiger partial charge is 0.372 e. The van der Waals surface area contributed by atoms with Crippen LogP contribution in [0.3, 0.4) is 0 Å². The second-order valence-corrected chi connectivity index (χ2v) is 9.18. The maximum atomic E-state index is 13.3. The van der Waals surface area contributed by atoms with Crippen LogP contribution in [0, 0.1) is 5.82 Å². The summed E-state index contributed by atoms with van der Waals surface area (Å²) in [5.41, 5.74) is 3.51. The minimum absolute atomic E-state index is 0.233. The Morgan fingerprint density at radius 1 is 0.909 bits per heavy atom. The summed E-state index contributed by atoms with van der Waals surface area (Å²) in [5, 5.41) is 5.11. The van der Waals surface area contributed by atoms with Crippen molar-refractivity contribution in [2.24, 2.45) is 0 Å². The van der Waals surface area contributed by atoms with Crippen LogP contribution < -0.4 is 10.2 Å². The van der Waals surface area contributed by atoms with Gasteiger partial charge in [0.1, 0.15) is 11.5 Å². The standard InChI is InChI=1S/C26H24FN3O2S/c27-19-7-5-18(6-8-19)13-16-30-25(31)23(22-4-3-17-33-22)24(26(30)32)28-20-9-11-21(12-10-20)29-14-1-2-15-29/h3-12,17,28H,1-2,13-16H2. The zero-order valence-electron chi connectivity index (χ0n) is 18.1. The number of rotatable bonds is 7. The number of thiophene rings is 1. The Balaban J connectivity index is 1.37. The lowest BCUT2D eigenvalue weighted by Crippen LogP contribution is -2.34. The monoisotopic (exact) mass is 461 g/mol. The first-order valence-electron chi connectivity index (χ1n) is 11.1. The highest BCUT2D eigenvalue weighted by atomic mass is 32.1. The number of benzene rings is 2. The number of carbonyl (C=O) groups is 2. The van der Waals surface area contributed by atoms with E-state index < -0.39 is 0 Å². The Hall–Kier alpha value is -3.45. The molecule has 5 nitrogen and oxygen atoms in total. The van der Waals surface area contributed by atoms with Crippen molar-refractivity contribution in [3.8, 4) is 0 Å². The minimum Gasteiger partial charge on any atom is -0.372 e. The van der Waals surface area contributed by atoms with Crippen molar-refractivity contribution in [2.75, 3.05) is 29.9 Å². The van der Waals surface area contributed by atoms with Crippen LogP contribution in [0.4, 0.5) is 15.8 Å². The average molecular weight is 462 g/mol. The summed E-state index contributed by atoms with van der Waals surface area (Å²) in [5.74, 6) is -0.953. The van der Waals surface area contributed by atoms with E-state index in [9.17, 15) is 14.0 Å². The van der Waals surface area contributed by atoms with Crippen molar-refractivity contribution in [1.82, 2.24) is 4.90 Å². The van der Waals surface area contributed by atoms with Crippen LogP contribution in [0.2, 0.25) is 0 Å². The molecule has 0 unspecified atom stereocenters. The van der Waals surface area contributed by atoms with E-state index in [1.54, 1.807) is 12.1 Å². The smallest absolute Gasteiger partial charge is 0.278 e. The van der Waals surface area contributed by atoms with Crippen molar-refractivity contribution in [2.45, 2.75) is 19.3 Å². The van der Waals surface area contributed by atoms with Crippen LogP contribution in [0.1, 0.15) is 23.3 Å². The van der Waals surface area contributed by atoms with Crippen LogP contribution >= 0.6 is 11.3 Å². The maximum Gasteiger partial charge on any atom is 0.278 e. The number of halogens is 1. The first kappa shape index (κ1) is 21.4. The minimum atomic E-state index is -0.339. The van der Waals surface area contributed by atoms with Gasteiger partial charge in [-0.3, -0.25) is 14.5 Å². The molecule has 5 rings (SSSR count). The van der Waals surface area contributed by atoms with Gasteiger partial charge >= 0.3 is 0 Å². The van der Waals surface area contributed by atoms with E-state index in [1.165, 1.54) is 46.9 Å². The molecule has 0 atom stereocenters. The van der Waals surface area contributed by atoms with Gasteiger partial charge in [0.25, 0.3) is 11.8 Å². The molecule has 1 aromatic heterocycles.